The van der Waals surface area contributed by atoms with Gasteiger partial charge in [-0.15, -0.1) is 0 Å². The number of rotatable bonds is 10. The smallest absolute Gasteiger partial charge is 0.289 e. The topological polar surface area (TPSA) is 107 Å². The van der Waals surface area contributed by atoms with E-state index >= 15 is 0 Å². The largest absolute Gasteiger partial charge is 0.496 e. The van der Waals surface area contributed by atoms with Crippen LogP contribution < -0.4 is 24.4 Å². The number of nitrogens with one attached hydrogen (secondary N) is 2. The number of methoxy groups -OCH3 is 3. The van der Waals surface area contributed by atoms with Gasteiger partial charge < -0.3 is 18.9 Å². The molecule has 9 nitrogen and oxygen atoms in total. The van der Waals surface area contributed by atoms with Gasteiger partial charge >= 0.3 is 0 Å². The maximum atomic E-state index is 12.4. The number of aromatic nitrogens is 2. The molecule has 0 atom stereocenters. The van der Waals surface area contributed by atoms with Gasteiger partial charge in [0.2, 0.25) is 0 Å². The summed E-state index contributed by atoms with van der Waals surface area (Å²) in [6.45, 7) is 2.72. The van der Waals surface area contributed by atoms with E-state index in [0.717, 1.165) is 17.7 Å². The quantitative estimate of drug-likeness (QED) is 0.370. The minimum Gasteiger partial charge on any atom is -0.496 e. The number of hydrogen-bond donors (Lipinski definition) is 2. The SMILES string of the molecule is CCCOc1ccc(-c2cc(C(=O)N/N=C\c3cc(OC)c(OC)cc3OC)[nH]n2)cc1. The minimum absolute atomic E-state index is 0.280. The van der Waals surface area contributed by atoms with Gasteiger partial charge in [-0.05, 0) is 42.8 Å². The Morgan fingerprint density at radius 3 is 2.38 bits per heavy atom. The fourth-order valence-electron chi connectivity index (χ4n) is 2.90. The highest BCUT2D eigenvalue weighted by atomic mass is 16.5. The van der Waals surface area contributed by atoms with Crippen molar-refractivity contribution in [1.29, 1.82) is 0 Å². The van der Waals surface area contributed by atoms with Gasteiger partial charge in [-0.2, -0.15) is 10.2 Å². The monoisotopic (exact) mass is 438 g/mol. The zero-order chi connectivity index (χ0) is 22.9. The van der Waals surface area contributed by atoms with Gasteiger partial charge in [0.25, 0.3) is 5.91 Å². The molecule has 0 saturated carbocycles. The summed E-state index contributed by atoms with van der Waals surface area (Å²) in [6, 6.07) is 12.6. The lowest BCUT2D eigenvalue weighted by molar-refractivity contribution is 0.0950. The lowest BCUT2D eigenvalue weighted by atomic mass is 10.1. The highest BCUT2D eigenvalue weighted by Gasteiger charge is 2.12. The van der Waals surface area contributed by atoms with Crippen molar-refractivity contribution in [1.82, 2.24) is 15.6 Å². The first kappa shape index (κ1) is 22.7. The summed E-state index contributed by atoms with van der Waals surface area (Å²) in [5, 5.41) is 10.9. The lowest BCUT2D eigenvalue weighted by Crippen LogP contribution is -2.18. The van der Waals surface area contributed by atoms with E-state index in [1.165, 1.54) is 20.4 Å². The first-order valence-corrected chi connectivity index (χ1v) is 10.0. The van der Waals surface area contributed by atoms with Crippen LogP contribution in [0, 0.1) is 0 Å². The highest BCUT2D eigenvalue weighted by molar-refractivity contribution is 5.94. The number of ether oxygens (including phenoxy) is 4. The van der Waals surface area contributed by atoms with Gasteiger partial charge in [-0.25, -0.2) is 5.43 Å². The van der Waals surface area contributed by atoms with Gasteiger partial charge in [0.1, 0.15) is 17.2 Å². The van der Waals surface area contributed by atoms with Gasteiger partial charge in [0.15, 0.2) is 11.5 Å². The summed E-state index contributed by atoms with van der Waals surface area (Å²) < 4.78 is 21.5. The zero-order valence-corrected chi connectivity index (χ0v) is 18.5. The molecule has 2 aromatic carbocycles. The maximum Gasteiger partial charge on any atom is 0.289 e. The molecule has 0 aliphatic rings. The predicted molar refractivity (Wildman–Crippen MR) is 121 cm³/mol. The van der Waals surface area contributed by atoms with Crippen LogP contribution in [0.4, 0.5) is 0 Å². The van der Waals surface area contributed by atoms with Gasteiger partial charge in [-0.1, -0.05) is 6.92 Å². The fraction of sp³-hybridized carbons (Fsp3) is 0.261. The zero-order valence-electron chi connectivity index (χ0n) is 18.5. The van der Waals surface area contributed by atoms with Crippen molar-refractivity contribution in [3.63, 3.8) is 0 Å². The number of carbonyl (C=O) groups is 1. The molecule has 1 heterocycles. The molecule has 0 saturated heterocycles. The molecule has 0 aliphatic carbocycles. The Kier molecular flexibility index (Phi) is 7.69. The van der Waals surface area contributed by atoms with Crippen LogP contribution in [0.1, 0.15) is 29.4 Å². The number of hydrogen-bond acceptors (Lipinski definition) is 7. The number of nitrogens with zero attached hydrogens (tertiary/aromatic N) is 2. The lowest BCUT2D eigenvalue weighted by Gasteiger charge is -2.11. The molecule has 168 valence electrons. The fourth-order valence-corrected chi connectivity index (χ4v) is 2.90. The van der Waals surface area contributed by atoms with Crippen LogP contribution in [0.5, 0.6) is 23.0 Å². The molecule has 0 radical (unpaired) electrons. The van der Waals surface area contributed by atoms with E-state index in [4.69, 9.17) is 18.9 Å². The molecule has 0 spiro atoms. The highest BCUT2D eigenvalue weighted by Crippen LogP contribution is 2.33. The molecule has 0 unspecified atom stereocenters. The molecule has 3 aromatic rings. The Balaban J connectivity index is 1.67. The predicted octanol–water partition coefficient (Wildman–Crippen LogP) is 3.66. The van der Waals surface area contributed by atoms with Crippen molar-refractivity contribution in [2.45, 2.75) is 13.3 Å². The van der Waals surface area contributed by atoms with E-state index in [2.05, 4.69) is 27.6 Å². The van der Waals surface area contributed by atoms with E-state index in [0.29, 0.717) is 35.1 Å². The number of H-pyrrole nitrogens is 1. The van der Waals surface area contributed by atoms with Gasteiger partial charge in [0, 0.05) is 17.2 Å². The van der Waals surface area contributed by atoms with Crippen molar-refractivity contribution in [2.75, 3.05) is 27.9 Å². The molecule has 1 amide bonds. The molecular weight excluding hydrogens is 412 g/mol. The third-order valence-corrected chi connectivity index (χ3v) is 4.55. The summed E-state index contributed by atoms with van der Waals surface area (Å²) >= 11 is 0. The maximum absolute atomic E-state index is 12.4. The molecule has 0 aliphatic heterocycles. The summed E-state index contributed by atoms with van der Waals surface area (Å²) in [6.07, 6.45) is 2.41. The number of carbonyl (C=O) groups excluding carboxylic acids is 1. The van der Waals surface area contributed by atoms with E-state index in [1.54, 1.807) is 25.3 Å². The third-order valence-electron chi connectivity index (χ3n) is 4.55. The minimum atomic E-state index is -0.428. The Labute approximate surface area is 186 Å². The third kappa shape index (κ3) is 5.37. The van der Waals surface area contributed by atoms with Crippen molar-refractivity contribution in [2.24, 2.45) is 5.10 Å². The molecule has 0 fully saturated rings. The van der Waals surface area contributed by atoms with Crippen LogP contribution in [0.2, 0.25) is 0 Å². The first-order chi connectivity index (χ1) is 15.6. The van der Waals surface area contributed by atoms with Crippen LogP contribution >= 0.6 is 0 Å². The first-order valence-electron chi connectivity index (χ1n) is 10.0. The standard InChI is InChI=1S/C23H26N4O5/c1-5-10-32-17-8-6-15(7-9-17)18-12-19(26-25-18)23(28)27-24-14-16-11-21(30-3)22(31-4)13-20(16)29-2/h6-9,11-14H,5,10H2,1-4H3,(H,25,26)(H,27,28)/b24-14-. The summed E-state index contributed by atoms with van der Waals surface area (Å²) in [4.78, 5) is 12.4. The second-order valence-corrected chi connectivity index (χ2v) is 6.69. The molecule has 1 aromatic heterocycles. The Bertz CT molecular complexity index is 1080. The molecule has 9 heteroatoms. The summed E-state index contributed by atoms with van der Waals surface area (Å²) in [5.74, 6) is 1.94. The average molecular weight is 438 g/mol. The molecule has 32 heavy (non-hydrogen) atoms. The van der Waals surface area contributed by atoms with Crippen LogP contribution in [0.25, 0.3) is 11.3 Å². The van der Waals surface area contributed by atoms with Gasteiger partial charge in [0.05, 0.1) is 39.8 Å². The Hall–Kier alpha value is -4.01. The van der Waals surface area contributed by atoms with E-state index in [1.807, 2.05) is 24.3 Å². The van der Waals surface area contributed by atoms with E-state index in [-0.39, 0.29) is 5.69 Å². The van der Waals surface area contributed by atoms with Crippen molar-refractivity contribution < 1.29 is 23.7 Å². The van der Waals surface area contributed by atoms with Crippen LogP contribution in [0.15, 0.2) is 47.6 Å². The van der Waals surface area contributed by atoms with E-state index in [9.17, 15) is 4.79 Å². The number of aromatic amines is 1. The van der Waals surface area contributed by atoms with Crippen LogP contribution in [-0.2, 0) is 0 Å². The van der Waals surface area contributed by atoms with Crippen molar-refractivity contribution in [3.05, 3.63) is 53.7 Å². The molecule has 0 bridgehead atoms. The van der Waals surface area contributed by atoms with Crippen LogP contribution in [-0.4, -0.2) is 50.3 Å². The Morgan fingerprint density at radius 2 is 1.72 bits per heavy atom. The van der Waals surface area contributed by atoms with Gasteiger partial charge in [-0.3, -0.25) is 9.89 Å². The second-order valence-electron chi connectivity index (χ2n) is 6.69. The molecule has 2 N–H and O–H groups in total. The number of amides is 1. The summed E-state index contributed by atoms with van der Waals surface area (Å²) in [5.41, 5.74) is 4.87. The van der Waals surface area contributed by atoms with Crippen LogP contribution in [0.3, 0.4) is 0 Å². The number of benzene rings is 2. The molecule has 3 rings (SSSR count). The second kappa shape index (κ2) is 10.9. The summed E-state index contributed by atoms with van der Waals surface area (Å²) in [7, 11) is 4.61. The Morgan fingerprint density at radius 1 is 1.03 bits per heavy atom. The normalized spacial score (nSPS) is 10.8. The molecular formula is C23H26N4O5. The average Bonchev–Trinajstić information content (AvgIpc) is 3.33. The van der Waals surface area contributed by atoms with Crippen molar-refractivity contribution >= 4 is 12.1 Å². The number of hydrazone groups is 1. The van der Waals surface area contributed by atoms with E-state index < -0.39 is 5.91 Å². The van der Waals surface area contributed by atoms with Crippen molar-refractivity contribution in [3.8, 4) is 34.3 Å².